The van der Waals surface area contributed by atoms with Crippen LogP contribution in [0.2, 0.25) is 0 Å². The molecule has 2 N–H and O–H groups in total. The summed E-state index contributed by atoms with van der Waals surface area (Å²) in [5.41, 5.74) is 3.19. The van der Waals surface area contributed by atoms with Crippen molar-refractivity contribution < 1.29 is 4.79 Å². The number of amides is 1. The molecule has 0 bridgehead atoms. The fourth-order valence-electron chi connectivity index (χ4n) is 3.58. The third-order valence-corrected chi connectivity index (χ3v) is 5.14. The lowest BCUT2D eigenvalue weighted by Crippen LogP contribution is -2.38. The van der Waals surface area contributed by atoms with Crippen LogP contribution in [0.25, 0.3) is 28.1 Å². The van der Waals surface area contributed by atoms with Gasteiger partial charge in [-0.3, -0.25) is 9.78 Å². The summed E-state index contributed by atoms with van der Waals surface area (Å²) in [5, 5.41) is 19.8. The van der Waals surface area contributed by atoms with Gasteiger partial charge in [0.1, 0.15) is 11.6 Å². The van der Waals surface area contributed by atoms with Gasteiger partial charge < -0.3 is 10.6 Å². The maximum atomic E-state index is 12.4. The number of nitrogens with one attached hydrogen (secondary N) is 2. The second-order valence-electron chi connectivity index (χ2n) is 7.15. The quantitative estimate of drug-likeness (QED) is 0.543. The van der Waals surface area contributed by atoms with Gasteiger partial charge in [0, 0.05) is 18.3 Å². The molecular weight excluding hydrogens is 380 g/mol. The highest BCUT2D eigenvalue weighted by Gasteiger charge is 2.23. The van der Waals surface area contributed by atoms with Crippen molar-refractivity contribution in [2.24, 2.45) is 0 Å². The van der Waals surface area contributed by atoms with E-state index in [0.29, 0.717) is 40.6 Å². The van der Waals surface area contributed by atoms with E-state index in [0.717, 1.165) is 24.8 Å². The average Bonchev–Trinajstić information content (AvgIpc) is 3.14. The Morgan fingerprint density at radius 1 is 1.17 bits per heavy atom. The minimum atomic E-state index is -0.389. The highest BCUT2D eigenvalue weighted by molar-refractivity contribution is 5.90. The topological polar surface area (TPSA) is 121 Å². The molecule has 0 radical (unpaired) electrons. The zero-order chi connectivity index (χ0) is 20.5. The lowest BCUT2D eigenvalue weighted by Gasteiger charge is -2.16. The third kappa shape index (κ3) is 3.18. The lowest BCUT2D eigenvalue weighted by molar-refractivity contribution is -0.121. The van der Waals surface area contributed by atoms with Gasteiger partial charge in [0.25, 0.3) is 0 Å². The molecule has 1 aromatic carbocycles. The Hall–Kier alpha value is -4.06. The van der Waals surface area contributed by atoms with Crippen LogP contribution in [0.3, 0.4) is 0 Å². The van der Waals surface area contributed by atoms with Crippen molar-refractivity contribution in [1.29, 1.82) is 5.26 Å². The first-order valence-electron chi connectivity index (χ1n) is 9.79. The van der Waals surface area contributed by atoms with Crippen LogP contribution in [0, 0.1) is 11.3 Å². The van der Waals surface area contributed by atoms with E-state index in [1.54, 1.807) is 22.8 Å². The van der Waals surface area contributed by atoms with E-state index in [1.807, 2.05) is 24.3 Å². The molecule has 9 heteroatoms. The Morgan fingerprint density at radius 2 is 2.03 bits per heavy atom. The number of carbonyl (C=O) groups excluding carboxylic acids is 1. The van der Waals surface area contributed by atoms with E-state index < -0.39 is 0 Å². The van der Waals surface area contributed by atoms with Gasteiger partial charge in [0.15, 0.2) is 11.5 Å². The standard InChI is InChI=1S/C21H18N8O/c22-12-13-6-8-14(9-7-13)18-27-19-17-15(5-3-11-23-17)25-21(29(19)28-18)26-16-4-1-2-10-24-20(16)30/h3,5-9,11,16H,1-2,4,10H2,(H,24,30)(H,25,26)/t16-/m1/s1. The smallest absolute Gasteiger partial charge is 0.242 e. The number of hydrogen-bond donors (Lipinski definition) is 2. The Morgan fingerprint density at radius 3 is 2.87 bits per heavy atom. The summed E-state index contributed by atoms with van der Waals surface area (Å²) >= 11 is 0. The van der Waals surface area contributed by atoms with Crippen molar-refractivity contribution in [2.45, 2.75) is 25.3 Å². The summed E-state index contributed by atoms with van der Waals surface area (Å²) in [6.45, 7) is 0.688. The average molecular weight is 398 g/mol. The molecule has 1 atom stereocenters. The molecule has 0 saturated carbocycles. The molecule has 1 aliphatic heterocycles. The van der Waals surface area contributed by atoms with Crippen LogP contribution in [-0.4, -0.2) is 43.1 Å². The van der Waals surface area contributed by atoms with E-state index in [2.05, 4.69) is 36.8 Å². The van der Waals surface area contributed by atoms with Gasteiger partial charge in [0.05, 0.1) is 17.1 Å². The van der Waals surface area contributed by atoms with Gasteiger partial charge in [-0.15, -0.1) is 5.10 Å². The van der Waals surface area contributed by atoms with Crippen LogP contribution in [-0.2, 0) is 4.79 Å². The molecule has 1 fully saturated rings. The summed E-state index contributed by atoms with van der Waals surface area (Å²) in [5.74, 6) is 0.897. The highest BCUT2D eigenvalue weighted by atomic mass is 16.2. The summed E-state index contributed by atoms with van der Waals surface area (Å²) in [7, 11) is 0. The minimum absolute atomic E-state index is 0.0406. The molecule has 1 saturated heterocycles. The Kier molecular flexibility index (Phi) is 4.44. The maximum absolute atomic E-state index is 12.4. The molecule has 3 aromatic heterocycles. The van der Waals surface area contributed by atoms with Crippen LogP contribution in [0.4, 0.5) is 5.95 Å². The number of benzene rings is 1. The summed E-state index contributed by atoms with van der Waals surface area (Å²) < 4.78 is 1.60. The Labute approximate surface area is 171 Å². The molecule has 0 unspecified atom stereocenters. The van der Waals surface area contributed by atoms with Crippen molar-refractivity contribution in [1.82, 2.24) is 29.9 Å². The number of carbonyl (C=O) groups is 1. The van der Waals surface area contributed by atoms with Crippen molar-refractivity contribution >= 4 is 28.5 Å². The number of aromatic nitrogens is 5. The lowest BCUT2D eigenvalue weighted by atomic mass is 10.1. The van der Waals surface area contributed by atoms with Crippen molar-refractivity contribution in [2.75, 3.05) is 11.9 Å². The first-order valence-corrected chi connectivity index (χ1v) is 9.79. The summed E-state index contributed by atoms with van der Waals surface area (Å²) in [4.78, 5) is 26.2. The van der Waals surface area contributed by atoms with Gasteiger partial charge in [-0.25, -0.2) is 9.97 Å². The number of hydrogen-bond acceptors (Lipinski definition) is 7. The van der Waals surface area contributed by atoms with E-state index in [9.17, 15) is 4.79 Å². The second kappa shape index (κ2) is 7.40. The van der Waals surface area contributed by atoms with Gasteiger partial charge in [0.2, 0.25) is 11.9 Å². The zero-order valence-electron chi connectivity index (χ0n) is 16.0. The molecule has 0 aliphatic carbocycles. The summed E-state index contributed by atoms with van der Waals surface area (Å²) in [6, 6.07) is 12.5. The molecule has 30 heavy (non-hydrogen) atoms. The second-order valence-corrected chi connectivity index (χ2v) is 7.15. The third-order valence-electron chi connectivity index (χ3n) is 5.14. The van der Waals surface area contributed by atoms with Crippen molar-refractivity contribution in [3.05, 3.63) is 48.2 Å². The van der Waals surface area contributed by atoms with Gasteiger partial charge >= 0.3 is 0 Å². The molecular formula is C21H18N8O. The fraction of sp³-hybridized carbons (Fsp3) is 0.238. The predicted molar refractivity (Wildman–Crippen MR) is 111 cm³/mol. The molecule has 1 amide bonds. The number of rotatable bonds is 3. The molecule has 1 aliphatic rings. The minimum Gasteiger partial charge on any atom is -0.354 e. The Bertz CT molecular complexity index is 1290. The van der Waals surface area contributed by atoms with Crippen LogP contribution >= 0.6 is 0 Å². The maximum Gasteiger partial charge on any atom is 0.242 e. The highest BCUT2D eigenvalue weighted by Crippen LogP contribution is 2.24. The normalized spacial score (nSPS) is 16.8. The number of pyridine rings is 1. The molecule has 148 valence electrons. The fourth-order valence-corrected chi connectivity index (χ4v) is 3.58. The Balaban J connectivity index is 1.64. The van der Waals surface area contributed by atoms with Gasteiger partial charge in [-0.1, -0.05) is 0 Å². The monoisotopic (exact) mass is 398 g/mol. The zero-order valence-corrected chi connectivity index (χ0v) is 16.0. The molecule has 4 aromatic rings. The largest absolute Gasteiger partial charge is 0.354 e. The first kappa shape index (κ1) is 18.0. The molecule has 0 spiro atoms. The molecule has 9 nitrogen and oxygen atoms in total. The molecule has 5 rings (SSSR count). The van der Waals surface area contributed by atoms with E-state index in [-0.39, 0.29) is 11.9 Å². The van der Waals surface area contributed by atoms with E-state index in [4.69, 9.17) is 5.26 Å². The van der Waals surface area contributed by atoms with Crippen LogP contribution in [0.5, 0.6) is 0 Å². The predicted octanol–water partition coefficient (Wildman–Crippen LogP) is 2.29. The van der Waals surface area contributed by atoms with E-state index in [1.165, 1.54) is 0 Å². The van der Waals surface area contributed by atoms with Crippen molar-refractivity contribution in [3.8, 4) is 17.5 Å². The number of anilines is 1. The van der Waals surface area contributed by atoms with Gasteiger partial charge in [-0.2, -0.15) is 9.78 Å². The summed E-state index contributed by atoms with van der Waals surface area (Å²) in [6.07, 6.45) is 4.31. The number of nitrogens with zero attached hydrogens (tertiary/aromatic N) is 6. The van der Waals surface area contributed by atoms with E-state index >= 15 is 0 Å². The number of nitriles is 1. The number of fused-ring (bicyclic) bond motifs is 3. The van der Waals surface area contributed by atoms with Crippen LogP contribution in [0.1, 0.15) is 24.8 Å². The van der Waals surface area contributed by atoms with Crippen LogP contribution in [0.15, 0.2) is 42.6 Å². The van der Waals surface area contributed by atoms with Crippen LogP contribution < -0.4 is 10.6 Å². The van der Waals surface area contributed by atoms with Crippen molar-refractivity contribution in [3.63, 3.8) is 0 Å². The SMILES string of the molecule is N#Cc1ccc(-c2nc3c4ncccc4nc(N[C@@H]4CCCCNC4=O)n3n2)cc1. The van der Waals surface area contributed by atoms with Gasteiger partial charge in [-0.05, 0) is 55.7 Å². The first-order chi connectivity index (χ1) is 14.7. The molecule has 4 heterocycles.